The van der Waals surface area contributed by atoms with Crippen LogP contribution < -0.4 is 5.73 Å². The first-order chi connectivity index (χ1) is 4.79. The van der Waals surface area contributed by atoms with Gasteiger partial charge in [0.1, 0.15) is 5.82 Å². The van der Waals surface area contributed by atoms with Crippen molar-refractivity contribution in [3.05, 3.63) is 6.20 Å². The zero-order valence-electron chi connectivity index (χ0n) is 6.16. The quantitative estimate of drug-likeness (QED) is 0.656. The van der Waals surface area contributed by atoms with Gasteiger partial charge in [0, 0.05) is 6.54 Å². The molecule has 0 saturated carbocycles. The Morgan fingerprint density at radius 2 is 2.50 bits per heavy atom. The molecule has 3 nitrogen and oxygen atoms in total. The lowest BCUT2D eigenvalue weighted by Gasteiger charge is -2.02. The van der Waals surface area contributed by atoms with Gasteiger partial charge in [-0.25, -0.2) is 4.98 Å². The van der Waals surface area contributed by atoms with Gasteiger partial charge in [0.25, 0.3) is 0 Å². The molecule has 1 heterocycles. The number of nitrogens with two attached hydrogens (primary N) is 1. The van der Waals surface area contributed by atoms with Crippen LogP contribution in [-0.2, 0) is 6.54 Å². The number of imidazole rings is 1. The summed E-state index contributed by atoms with van der Waals surface area (Å²) in [6.07, 6.45) is 3.68. The van der Waals surface area contributed by atoms with Crippen molar-refractivity contribution in [3.8, 4) is 0 Å². The highest BCUT2D eigenvalue weighted by Gasteiger charge is 2.02. The Kier molecular flexibility index (Phi) is 2.21. The molecule has 4 heteroatoms. The van der Waals surface area contributed by atoms with E-state index in [-0.39, 0.29) is 0 Å². The molecule has 0 aliphatic carbocycles. The molecule has 2 N–H and O–H groups in total. The third kappa shape index (κ3) is 1.11. The highest BCUT2D eigenvalue weighted by molar-refractivity contribution is 7.98. The molecule has 0 saturated heterocycles. The van der Waals surface area contributed by atoms with Crippen LogP contribution in [0.15, 0.2) is 11.4 Å². The Hall–Kier alpha value is -0.640. The van der Waals surface area contributed by atoms with Gasteiger partial charge in [-0.3, -0.25) is 0 Å². The molecule has 1 aromatic heterocycles. The lowest BCUT2D eigenvalue weighted by atomic mass is 10.7. The minimum Gasteiger partial charge on any atom is -0.384 e. The first-order valence-corrected chi connectivity index (χ1v) is 4.37. The van der Waals surface area contributed by atoms with Crippen molar-refractivity contribution >= 4 is 17.6 Å². The maximum absolute atomic E-state index is 5.61. The van der Waals surface area contributed by atoms with E-state index in [1.54, 1.807) is 18.0 Å². The molecule has 0 spiro atoms. The van der Waals surface area contributed by atoms with Gasteiger partial charge in [0.05, 0.1) is 6.20 Å². The molecular weight excluding hydrogens is 146 g/mol. The zero-order chi connectivity index (χ0) is 7.56. The SMILES string of the molecule is CCn1c(N)cnc1SC. The third-order valence-corrected chi connectivity index (χ3v) is 2.04. The normalized spacial score (nSPS) is 10.2. The summed E-state index contributed by atoms with van der Waals surface area (Å²) in [6.45, 7) is 2.94. The fourth-order valence-electron chi connectivity index (χ4n) is 0.852. The highest BCUT2D eigenvalue weighted by atomic mass is 32.2. The number of nitrogen functional groups attached to an aromatic ring is 1. The highest BCUT2D eigenvalue weighted by Crippen LogP contribution is 2.15. The summed E-state index contributed by atoms with van der Waals surface area (Å²) in [4.78, 5) is 4.11. The van der Waals surface area contributed by atoms with Gasteiger partial charge in [0.15, 0.2) is 5.16 Å². The molecule has 0 atom stereocenters. The number of hydrogen-bond acceptors (Lipinski definition) is 3. The Labute approximate surface area is 64.6 Å². The Bertz CT molecular complexity index is 219. The zero-order valence-corrected chi connectivity index (χ0v) is 6.98. The second-order valence-corrected chi connectivity index (χ2v) is 2.69. The molecule has 10 heavy (non-hydrogen) atoms. The average molecular weight is 157 g/mol. The summed E-state index contributed by atoms with van der Waals surface area (Å²) in [6, 6.07) is 0. The van der Waals surface area contributed by atoms with Crippen molar-refractivity contribution < 1.29 is 0 Å². The van der Waals surface area contributed by atoms with E-state index in [0.29, 0.717) is 0 Å². The van der Waals surface area contributed by atoms with Crippen molar-refractivity contribution in [1.29, 1.82) is 0 Å². The molecule has 0 unspecified atom stereocenters. The van der Waals surface area contributed by atoms with Crippen LogP contribution in [0.2, 0.25) is 0 Å². The Morgan fingerprint density at radius 1 is 1.80 bits per heavy atom. The molecule has 0 aromatic carbocycles. The van der Waals surface area contributed by atoms with Crippen LogP contribution in [0, 0.1) is 0 Å². The molecule has 1 rings (SSSR count). The van der Waals surface area contributed by atoms with Crippen LogP contribution in [0.25, 0.3) is 0 Å². The van der Waals surface area contributed by atoms with E-state index in [0.717, 1.165) is 17.5 Å². The van der Waals surface area contributed by atoms with Crippen LogP contribution in [0.5, 0.6) is 0 Å². The predicted octanol–water partition coefficient (Wildman–Crippen LogP) is 1.21. The standard InChI is InChI=1S/C6H11N3S/c1-3-9-5(7)4-8-6(9)10-2/h4H,3,7H2,1-2H3. The molecule has 0 aliphatic heterocycles. The summed E-state index contributed by atoms with van der Waals surface area (Å²) in [5.74, 6) is 0.742. The summed E-state index contributed by atoms with van der Waals surface area (Å²) >= 11 is 1.61. The smallest absolute Gasteiger partial charge is 0.169 e. The third-order valence-electron chi connectivity index (χ3n) is 1.35. The first-order valence-electron chi connectivity index (χ1n) is 3.14. The van der Waals surface area contributed by atoms with Crippen molar-refractivity contribution in [1.82, 2.24) is 9.55 Å². The van der Waals surface area contributed by atoms with Crippen LogP contribution >= 0.6 is 11.8 Å². The van der Waals surface area contributed by atoms with Crippen molar-refractivity contribution in [2.75, 3.05) is 12.0 Å². The number of anilines is 1. The summed E-state index contributed by atoms with van der Waals surface area (Å²) in [7, 11) is 0. The summed E-state index contributed by atoms with van der Waals surface area (Å²) in [5, 5.41) is 0.986. The Balaban J connectivity index is 3.01. The molecule has 0 amide bonds. The minimum atomic E-state index is 0.742. The van der Waals surface area contributed by atoms with E-state index >= 15 is 0 Å². The lowest BCUT2D eigenvalue weighted by molar-refractivity contribution is 0.691. The largest absolute Gasteiger partial charge is 0.384 e. The van der Waals surface area contributed by atoms with Gasteiger partial charge in [-0.1, -0.05) is 11.8 Å². The van der Waals surface area contributed by atoms with E-state index in [2.05, 4.69) is 11.9 Å². The predicted molar refractivity (Wildman–Crippen MR) is 44.1 cm³/mol. The maximum atomic E-state index is 5.61. The Morgan fingerprint density at radius 3 is 2.90 bits per heavy atom. The van der Waals surface area contributed by atoms with Gasteiger partial charge in [-0.15, -0.1) is 0 Å². The van der Waals surface area contributed by atoms with E-state index in [1.807, 2.05) is 10.8 Å². The average Bonchev–Trinajstić information content (AvgIpc) is 2.30. The van der Waals surface area contributed by atoms with E-state index in [1.165, 1.54) is 0 Å². The maximum Gasteiger partial charge on any atom is 0.169 e. The van der Waals surface area contributed by atoms with Crippen LogP contribution in [0.3, 0.4) is 0 Å². The van der Waals surface area contributed by atoms with Crippen LogP contribution in [-0.4, -0.2) is 15.8 Å². The van der Waals surface area contributed by atoms with Gasteiger partial charge in [-0.2, -0.15) is 0 Å². The van der Waals surface area contributed by atoms with Gasteiger partial charge < -0.3 is 10.3 Å². The minimum absolute atomic E-state index is 0.742. The van der Waals surface area contributed by atoms with E-state index in [9.17, 15) is 0 Å². The fourth-order valence-corrected chi connectivity index (χ4v) is 1.46. The van der Waals surface area contributed by atoms with E-state index < -0.39 is 0 Å². The van der Waals surface area contributed by atoms with Crippen molar-refractivity contribution in [2.45, 2.75) is 18.6 Å². The van der Waals surface area contributed by atoms with Gasteiger partial charge in [-0.05, 0) is 13.2 Å². The fraction of sp³-hybridized carbons (Fsp3) is 0.500. The molecule has 0 radical (unpaired) electrons. The second kappa shape index (κ2) is 2.96. The number of thioether (sulfide) groups is 1. The van der Waals surface area contributed by atoms with Crippen molar-refractivity contribution in [2.24, 2.45) is 0 Å². The summed E-state index contributed by atoms with van der Waals surface area (Å²) in [5.41, 5.74) is 5.61. The molecule has 0 aliphatic rings. The number of aromatic nitrogens is 2. The second-order valence-electron chi connectivity index (χ2n) is 1.91. The summed E-state index contributed by atoms with van der Waals surface area (Å²) < 4.78 is 1.98. The number of hydrogen-bond donors (Lipinski definition) is 1. The molecular formula is C6H11N3S. The lowest BCUT2D eigenvalue weighted by Crippen LogP contribution is -2.00. The topological polar surface area (TPSA) is 43.8 Å². The first kappa shape index (κ1) is 7.47. The molecule has 1 aromatic rings. The molecule has 0 bridgehead atoms. The monoisotopic (exact) mass is 157 g/mol. The van der Waals surface area contributed by atoms with Crippen molar-refractivity contribution in [3.63, 3.8) is 0 Å². The van der Waals surface area contributed by atoms with Gasteiger partial charge >= 0.3 is 0 Å². The number of rotatable bonds is 2. The van der Waals surface area contributed by atoms with Crippen LogP contribution in [0.1, 0.15) is 6.92 Å². The van der Waals surface area contributed by atoms with Gasteiger partial charge in [0.2, 0.25) is 0 Å². The van der Waals surface area contributed by atoms with Crippen LogP contribution in [0.4, 0.5) is 5.82 Å². The van der Waals surface area contributed by atoms with E-state index in [4.69, 9.17) is 5.73 Å². The molecule has 0 fully saturated rings. The number of nitrogens with zero attached hydrogens (tertiary/aromatic N) is 2. The molecule has 56 valence electrons.